The van der Waals surface area contributed by atoms with Crippen LogP contribution in [0.25, 0.3) is 10.4 Å². The third-order valence-electron chi connectivity index (χ3n) is 2.64. The molecular weight excluding hydrogens is 334 g/mol. The van der Waals surface area contributed by atoms with Gasteiger partial charge in [-0.05, 0) is 40.6 Å². The van der Waals surface area contributed by atoms with Crippen LogP contribution in [0.5, 0.6) is 5.75 Å². The maximum absolute atomic E-state index is 12.0. The third kappa shape index (κ3) is 5.41. The van der Waals surface area contributed by atoms with Gasteiger partial charge >= 0.3 is 0 Å². The van der Waals surface area contributed by atoms with Gasteiger partial charge in [-0.3, -0.25) is 4.79 Å². The number of benzene rings is 1. The first-order valence-corrected chi connectivity index (χ1v) is 8.89. The maximum atomic E-state index is 12.0. The zero-order chi connectivity index (χ0) is 16.5. The van der Waals surface area contributed by atoms with Crippen LogP contribution < -0.4 is 5.32 Å². The fourth-order valence-electron chi connectivity index (χ4n) is 1.63. The molecule has 0 radical (unpaired) electrons. The molecule has 0 fully saturated rings. The summed E-state index contributed by atoms with van der Waals surface area (Å²) in [6, 6.07) is 9.83. The van der Waals surface area contributed by atoms with E-state index in [-0.39, 0.29) is 22.9 Å². The van der Waals surface area contributed by atoms with Crippen molar-refractivity contribution >= 4 is 33.2 Å². The minimum absolute atomic E-state index is 0.143. The highest BCUT2D eigenvalue weighted by atomic mass is 33.1. The van der Waals surface area contributed by atoms with Crippen molar-refractivity contribution < 1.29 is 9.90 Å². The summed E-state index contributed by atoms with van der Waals surface area (Å²) in [6.07, 6.45) is 1.73. The first-order chi connectivity index (χ1) is 11.2. The Bertz CT molecular complexity index is 720. The topological polar surface area (TPSA) is 111 Å². The smallest absolute Gasteiger partial charge is 0.255 e. The normalized spacial score (nSPS) is 9.91. The van der Waals surface area contributed by atoms with Crippen LogP contribution in [-0.2, 0) is 0 Å². The van der Waals surface area contributed by atoms with Crippen molar-refractivity contribution in [3.05, 3.63) is 58.6 Å². The lowest BCUT2D eigenvalue weighted by atomic mass is 10.1. The molecule has 0 saturated heterocycles. The van der Waals surface area contributed by atoms with Crippen LogP contribution in [0.2, 0.25) is 0 Å². The lowest BCUT2D eigenvalue weighted by molar-refractivity contribution is 0.0953. The summed E-state index contributed by atoms with van der Waals surface area (Å²) in [4.78, 5) is 18.8. The molecule has 0 atom stereocenters. The van der Waals surface area contributed by atoms with E-state index in [1.807, 2.05) is 18.2 Å². The van der Waals surface area contributed by atoms with Crippen molar-refractivity contribution in [2.75, 3.05) is 12.3 Å². The number of aromatic hydroxyl groups is 1. The van der Waals surface area contributed by atoms with Gasteiger partial charge in [0.25, 0.3) is 5.91 Å². The molecule has 0 unspecified atom stereocenters. The van der Waals surface area contributed by atoms with Crippen LogP contribution in [0.4, 0.5) is 5.69 Å². The number of rotatable bonds is 7. The van der Waals surface area contributed by atoms with Gasteiger partial charge in [-0.2, -0.15) is 0 Å². The Morgan fingerprint density at radius 1 is 1.39 bits per heavy atom. The lowest BCUT2D eigenvalue weighted by Gasteiger charge is -2.07. The molecule has 2 N–H and O–H groups in total. The van der Waals surface area contributed by atoms with E-state index in [2.05, 4.69) is 20.3 Å². The van der Waals surface area contributed by atoms with Crippen LogP contribution in [0.3, 0.4) is 0 Å². The van der Waals surface area contributed by atoms with E-state index in [1.165, 1.54) is 29.0 Å². The Kier molecular flexibility index (Phi) is 6.61. The van der Waals surface area contributed by atoms with E-state index in [1.54, 1.807) is 17.0 Å². The van der Waals surface area contributed by atoms with Gasteiger partial charge in [0.1, 0.15) is 10.8 Å². The summed E-state index contributed by atoms with van der Waals surface area (Å²) in [5, 5.41) is 16.8. The highest BCUT2D eigenvalue weighted by molar-refractivity contribution is 8.76. The standard InChI is InChI=1S/C14H13N5O2S2/c15-19-18-10-4-5-11(12(20)9-10)14(21)17-7-8-22-23-13-3-1-2-6-16-13/h1-6,9,20H,7-8H2,(H,17,21). The monoisotopic (exact) mass is 347 g/mol. The van der Waals surface area contributed by atoms with E-state index < -0.39 is 0 Å². The molecule has 0 bridgehead atoms. The van der Waals surface area contributed by atoms with Gasteiger partial charge in [-0.15, -0.1) is 0 Å². The number of azide groups is 1. The Labute approximate surface area is 140 Å². The number of aromatic nitrogens is 1. The van der Waals surface area contributed by atoms with Gasteiger partial charge in [0.05, 0.1) is 5.56 Å². The average molecular weight is 347 g/mol. The Hall–Kier alpha value is -2.35. The fraction of sp³-hybridized carbons (Fsp3) is 0.143. The number of hydrogen-bond donors (Lipinski definition) is 2. The number of carbonyl (C=O) groups is 1. The highest BCUT2D eigenvalue weighted by Gasteiger charge is 2.10. The molecule has 0 saturated carbocycles. The molecule has 0 aliphatic carbocycles. The van der Waals surface area contributed by atoms with Crippen molar-refractivity contribution in [3.63, 3.8) is 0 Å². The molecule has 1 aromatic carbocycles. The second kappa shape index (κ2) is 8.94. The van der Waals surface area contributed by atoms with Crippen molar-refractivity contribution in [1.29, 1.82) is 0 Å². The number of nitrogens with one attached hydrogen (secondary N) is 1. The van der Waals surface area contributed by atoms with Crippen molar-refractivity contribution in [3.8, 4) is 5.75 Å². The quantitative estimate of drug-likeness (QED) is 0.259. The molecule has 0 aliphatic heterocycles. The van der Waals surface area contributed by atoms with Crippen LogP contribution in [0.1, 0.15) is 10.4 Å². The Balaban J connectivity index is 1.77. The van der Waals surface area contributed by atoms with E-state index in [0.29, 0.717) is 12.3 Å². The van der Waals surface area contributed by atoms with Gasteiger partial charge in [0.15, 0.2) is 0 Å². The molecule has 0 spiro atoms. The number of hydrogen-bond acceptors (Lipinski definition) is 6. The van der Waals surface area contributed by atoms with Gasteiger partial charge in [-0.25, -0.2) is 4.98 Å². The van der Waals surface area contributed by atoms with E-state index in [0.717, 1.165) is 5.03 Å². The average Bonchev–Trinajstić information content (AvgIpc) is 2.56. The first-order valence-electron chi connectivity index (χ1n) is 6.57. The number of amides is 1. The fourth-order valence-corrected chi connectivity index (χ4v) is 3.41. The zero-order valence-electron chi connectivity index (χ0n) is 11.9. The number of phenols is 1. The summed E-state index contributed by atoms with van der Waals surface area (Å²) in [5.41, 5.74) is 8.72. The van der Waals surface area contributed by atoms with E-state index >= 15 is 0 Å². The molecule has 1 aromatic heterocycles. The summed E-state index contributed by atoms with van der Waals surface area (Å²) >= 11 is 0. The van der Waals surface area contributed by atoms with Crippen LogP contribution >= 0.6 is 21.6 Å². The first kappa shape index (κ1) is 17.0. The number of nitrogens with zero attached hydrogens (tertiary/aromatic N) is 4. The Morgan fingerprint density at radius 3 is 2.96 bits per heavy atom. The molecule has 118 valence electrons. The highest BCUT2D eigenvalue weighted by Crippen LogP contribution is 2.28. The zero-order valence-corrected chi connectivity index (χ0v) is 13.5. The molecule has 23 heavy (non-hydrogen) atoms. The van der Waals surface area contributed by atoms with Gasteiger partial charge in [0, 0.05) is 29.1 Å². The van der Waals surface area contributed by atoms with Gasteiger partial charge < -0.3 is 10.4 Å². The minimum atomic E-state index is -0.376. The van der Waals surface area contributed by atoms with Gasteiger partial charge in [0.2, 0.25) is 0 Å². The van der Waals surface area contributed by atoms with Crippen molar-refractivity contribution in [2.45, 2.75) is 5.03 Å². The van der Waals surface area contributed by atoms with Crippen LogP contribution in [-0.4, -0.2) is 28.3 Å². The number of pyridine rings is 1. The van der Waals surface area contributed by atoms with Crippen molar-refractivity contribution in [1.82, 2.24) is 10.3 Å². The second-order valence-corrected chi connectivity index (χ2v) is 6.66. The lowest BCUT2D eigenvalue weighted by Crippen LogP contribution is -2.25. The second-order valence-electron chi connectivity index (χ2n) is 4.22. The summed E-state index contributed by atoms with van der Waals surface area (Å²) in [7, 11) is 3.12. The SMILES string of the molecule is [N-]=[N+]=Nc1ccc(C(=O)NCCSSc2ccccn2)c(O)c1. The molecule has 9 heteroatoms. The summed E-state index contributed by atoms with van der Waals surface area (Å²) < 4.78 is 0. The van der Waals surface area contributed by atoms with E-state index in [4.69, 9.17) is 5.53 Å². The third-order valence-corrected chi connectivity index (χ3v) is 4.91. The Morgan fingerprint density at radius 2 is 2.26 bits per heavy atom. The molecule has 0 aliphatic rings. The number of carbonyl (C=O) groups excluding carboxylic acids is 1. The molecular formula is C14H13N5O2S2. The van der Waals surface area contributed by atoms with Crippen molar-refractivity contribution in [2.24, 2.45) is 5.11 Å². The molecule has 1 amide bonds. The van der Waals surface area contributed by atoms with Crippen LogP contribution in [0, 0.1) is 0 Å². The van der Waals surface area contributed by atoms with E-state index in [9.17, 15) is 9.90 Å². The molecule has 1 heterocycles. The molecule has 2 aromatic rings. The molecule has 7 nitrogen and oxygen atoms in total. The van der Waals surface area contributed by atoms with Gasteiger partial charge in [-0.1, -0.05) is 28.0 Å². The predicted molar refractivity (Wildman–Crippen MR) is 91.8 cm³/mol. The number of phenolic OH excluding ortho intramolecular Hbond substituents is 1. The summed E-state index contributed by atoms with van der Waals surface area (Å²) in [5.74, 6) is 0.103. The molecule has 2 rings (SSSR count). The predicted octanol–water partition coefficient (Wildman–Crippen LogP) is 3.90. The largest absolute Gasteiger partial charge is 0.507 e. The maximum Gasteiger partial charge on any atom is 0.255 e. The summed E-state index contributed by atoms with van der Waals surface area (Å²) in [6.45, 7) is 0.459. The van der Waals surface area contributed by atoms with Crippen LogP contribution in [0.15, 0.2) is 52.7 Å². The minimum Gasteiger partial charge on any atom is -0.507 e.